The van der Waals surface area contributed by atoms with Gasteiger partial charge in [-0.05, 0) is 66.8 Å². The number of rotatable bonds is 9. The summed E-state index contributed by atoms with van der Waals surface area (Å²) in [4.78, 5) is 24.5. The summed E-state index contributed by atoms with van der Waals surface area (Å²) in [5.41, 5.74) is 3.73. The second-order valence-electron chi connectivity index (χ2n) is 10.4. The first-order chi connectivity index (χ1) is 19.4. The maximum absolute atomic E-state index is 13.6. The number of hydrogen-bond donors (Lipinski definition) is 1. The molecule has 4 aromatic rings. The van der Waals surface area contributed by atoms with Crippen LogP contribution in [0.5, 0.6) is 5.75 Å². The van der Waals surface area contributed by atoms with Crippen LogP contribution >= 0.6 is 11.6 Å². The summed E-state index contributed by atoms with van der Waals surface area (Å²) < 4.78 is 7.20. The Kier molecular flexibility index (Phi) is 8.65. The number of carbonyl (C=O) groups is 1. The van der Waals surface area contributed by atoms with Gasteiger partial charge in [-0.15, -0.1) is 0 Å². The Morgan fingerprint density at radius 1 is 1.07 bits per heavy atom. The molecule has 1 saturated carbocycles. The predicted molar refractivity (Wildman–Crippen MR) is 159 cm³/mol. The lowest BCUT2D eigenvalue weighted by atomic mass is 10.0. The van der Waals surface area contributed by atoms with Crippen LogP contribution < -0.4 is 10.1 Å². The summed E-state index contributed by atoms with van der Waals surface area (Å²) >= 11 is 6.46. The molecule has 2 aromatic carbocycles. The fourth-order valence-electron chi connectivity index (χ4n) is 5.16. The Balaban J connectivity index is 1.41. The summed E-state index contributed by atoms with van der Waals surface area (Å²) in [6.07, 6.45) is 7.70. The molecule has 1 aliphatic rings. The fraction of sp³-hybridized carbons (Fsp3) is 0.355. The Hall–Kier alpha value is -3.91. The first kappa shape index (κ1) is 27.6. The van der Waals surface area contributed by atoms with E-state index in [4.69, 9.17) is 26.4 Å². The lowest BCUT2D eigenvalue weighted by Gasteiger charge is -2.29. The summed E-state index contributed by atoms with van der Waals surface area (Å²) in [7, 11) is 1.59. The molecule has 0 atom stereocenters. The molecule has 1 N–H and O–H groups in total. The van der Waals surface area contributed by atoms with Crippen LogP contribution in [0.4, 0.5) is 10.5 Å². The van der Waals surface area contributed by atoms with Gasteiger partial charge in [-0.2, -0.15) is 5.10 Å². The third kappa shape index (κ3) is 6.28. The highest BCUT2D eigenvalue weighted by molar-refractivity contribution is 6.32. The molecule has 40 heavy (non-hydrogen) atoms. The van der Waals surface area contributed by atoms with Crippen LogP contribution in [0.2, 0.25) is 5.02 Å². The molecular formula is C31H35ClN6O2. The Morgan fingerprint density at radius 3 is 2.45 bits per heavy atom. The monoisotopic (exact) mass is 558 g/mol. The van der Waals surface area contributed by atoms with Crippen molar-refractivity contribution in [3.05, 3.63) is 77.6 Å². The Bertz CT molecular complexity index is 1430. The molecule has 0 spiro atoms. The Morgan fingerprint density at radius 2 is 1.80 bits per heavy atom. The molecular weight excluding hydrogens is 524 g/mol. The van der Waals surface area contributed by atoms with Gasteiger partial charge < -0.3 is 15.0 Å². The normalized spacial score (nSPS) is 13.5. The van der Waals surface area contributed by atoms with E-state index in [2.05, 4.69) is 36.3 Å². The first-order valence-electron chi connectivity index (χ1n) is 13.8. The second kappa shape index (κ2) is 12.5. The number of nitrogens with one attached hydrogen (secondary N) is 1. The minimum atomic E-state index is -0.0901. The van der Waals surface area contributed by atoms with E-state index in [1.165, 1.54) is 5.56 Å². The third-order valence-electron chi connectivity index (χ3n) is 7.43. The Labute approximate surface area is 240 Å². The average molecular weight is 559 g/mol. The van der Waals surface area contributed by atoms with Crippen LogP contribution in [0.25, 0.3) is 22.8 Å². The zero-order chi connectivity index (χ0) is 28.1. The number of benzene rings is 2. The van der Waals surface area contributed by atoms with Crippen molar-refractivity contribution >= 4 is 23.3 Å². The van der Waals surface area contributed by atoms with Gasteiger partial charge in [0.25, 0.3) is 0 Å². The van der Waals surface area contributed by atoms with E-state index in [-0.39, 0.29) is 12.1 Å². The van der Waals surface area contributed by atoms with Crippen LogP contribution in [0, 0.1) is 0 Å². The number of pyridine rings is 1. The number of nitrogens with zero attached hydrogens (tertiary/aromatic N) is 5. The van der Waals surface area contributed by atoms with Crippen LogP contribution in [-0.4, -0.2) is 50.4 Å². The molecule has 5 rings (SSSR count). The molecule has 1 fully saturated rings. The van der Waals surface area contributed by atoms with Gasteiger partial charge in [-0.3, -0.25) is 4.98 Å². The van der Waals surface area contributed by atoms with Gasteiger partial charge in [0.15, 0.2) is 11.6 Å². The number of carbonyl (C=O) groups excluding carboxylic acids is 1. The van der Waals surface area contributed by atoms with Crippen molar-refractivity contribution in [3.8, 4) is 28.5 Å². The number of aromatic nitrogens is 4. The van der Waals surface area contributed by atoms with Gasteiger partial charge in [-0.25, -0.2) is 14.5 Å². The van der Waals surface area contributed by atoms with E-state index >= 15 is 0 Å². The van der Waals surface area contributed by atoms with Crippen LogP contribution in [0.3, 0.4) is 0 Å². The van der Waals surface area contributed by atoms with Crippen molar-refractivity contribution in [1.29, 1.82) is 0 Å². The summed E-state index contributed by atoms with van der Waals surface area (Å²) in [5.74, 6) is 2.30. The zero-order valence-electron chi connectivity index (χ0n) is 23.2. The van der Waals surface area contributed by atoms with Gasteiger partial charge >= 0.3 is 6.03 Å². The van der Waals surface area contributed by atoms with Crippen LogP contribution in [-0.2, 0) is 6.54 Å². The molecule has 1 aliphatic carbocycles. The molecule has 2 aromatic heterocycles. The van der Waals surface area contributed by atoms with E-state index < -0.39 is 0 Å². The van der Waals surface area contributed by atoms with Crippen molar-refractivity contribution in [3.63, 3.8) is 0 Å². The first-order valence-corrected chi connectivity index (χ1v) is 14.2. The lowest BCUT2D eigenvalue weighted by Crippen LogP contribution is -2.43. The highest BCUT2D eigenvalue weighted by atomic mass is 35.5. The minimum absolute atomic E-state index is 0.0901. The number of methoxy groups -OCH3 is 1. The number of ether oxygens (including phenoxy) is 1. The van der Waals surface area contributed by atoms with Gasteiger partial charge in [0.2, 0.25) is 0 Å². The van der Waals surface area contributed by atoms with Crippen molar-refractivity contribution in [1.82, 2.24) is 24.6 Å². The van der Waals surface area contributed by atoms with E-state index in [1.54, 1.807) is 19.5 Å². The van der Waals surface area contributed by atoms with Crippen LogP contribution in [0.15, 0.2) is 67.0 Å². The molecule has 8 nitrogen and oxygen atoms in total. The number of urea groups is 1. The van der Waals surface area contributed by atoms with Gasteiger partial charge in [0.05, 0.1) is 18.7 Å². The van der Waals surface area contributed by atoms with E-state index in [0.29, 0.717) is 41.4 Å². The molecule has 0 unspecified atom stereocenters. The average Bonchev–Trinajstić information content (AvgIpc) is 3.65. The maximum atomic E-state index is 13.6. The van der Waals surface area contributed by atoms with E-state index in [0.717, 1.165) is 42.5 Å². The maximum Gasteiger partial charge on any atom is 0.322 e. The predicted octanol–water partition coefficient (Wildman–Crippen LogP) is 7.27. The van der Waals surface area contributed by atoms with Crippen molar-refractivity contribution < 1.29 is 9.53 Å². The quantitative estimate of drug-likeness (QED) is 0.233. The molecule has 0 radical (unpaired) electrons. The molecule has 208 valence electrons. The highest BCUT2D eigenvalue weighted by Crippen LogP contribution is 2.31. The van der Waals surface area contributed by atoms with Crippen molar-refractivity contribution in [2.24, 2.45) is 0 Å². The molecule has 0 saturated heterocycles. The minimum Gasteiger partial charge on any atom is -0.495 e. The summed E-state index contributed by atoms with van der Waals surface area (Å²) in [5, 5.41) is 8.46. The number of halogens is 1. The van der Waals surface area contributed by atoms with Gasteiger partial charge in [-0.1, -0.05) is 50.4 Å². The van der Waals surface area contributed by atoms with Crippen molar-refractivity contribution in [2.45, 2.75) is 58.0 Å². The van der Waals surface area contributed by atoms with Crippen LogP contribution in [0.1, 0.15) is 51.0 Å². The van der Waals surface area contributed by atoms with Gasteiger partial charge in [0, 0.05) is 41.8 Å². The number of amides is 2. The van der Waals surface area contributed by atoms with Gasteiger partial charge in [0.1, 0.15) is 5.75 Å². The lowest BCUT2D eigenvalue weighted by molar-refractivity contribution is 0.184. The molecule has 9 heteroatoms. The van der Waals surface area contributed by atoms with E-state index in [9.17, 15) is 4.79 Å². The molecule has 0 aliphatic heterocycles. The number of hydrogen-bond acceptors (Lipinski definition) is 5. The zero-order valence-corrected chi connectivity index (χ0v) is 23.9. The summed E-state index contributed by atoms with van der Waals surface area (Å²) in [6, 6.07) is 17.5. The second-order valence-corrected chi connectivity index (χ2v) is 10.8. The molecule has 2 amide bonds. The largest absolute Gasteiger partial charge is 0.495 e. The fourth-order valence-corrected chi connectivity index (χ4v) is 5.41. The third-order valence-corrected chi connectivity index (χ3v) is 7.72. The summed E-state index contributed by atoms with van der Waals surface area (Å²) in [6.45, 7) is 5.30. The molecule has 2 heterocycles. The highest BCUT2D eigenvalue weighted by Gasteiger charge is 2.27. The standard InChI is InChI=1S/C31H35ClN6O2/c1-21(2)22-8-11-25(12-9-22)34-31(39)37(26-6-4-5-7-26)18-19-38-30(24-10-13-28(40-3)27(32)20-24)35-29(36-38)23-14-16-33-17-15-23/h8-17,20-21,26H,4-7,18-19H2,1-3H3,(H,34,39). The number of anilines is 1. The van der Waals surface area contributed by atoms with E-state index in [1.807, 2.05) is 52.0 Å². The topological polar surface area (TPSA) is 85.2 Å². The van der Waals surface area contributed by atoms with Crippen molar-refractivity contribution in [2.75, 3.05) is 19.0 Å². The SMILES string of the molecule is COc1ccc(-c2nc(-c3ccncc3)nn2CCN(C(=O)Nc2ccc(C(C)C)cc2)C2CCCC2)cc1Cl. The molecule has 0 bridgehead atoms. The smallest absolute Gasteiger partial charge is 0.322 e.